The molecular weight excluding hydrogens is 310 g/mol. The summed E-state index contributed by atoms with van der Waals surface area (Å²) in [5.41, 5.74) is 1.96. The van der Waals surface area contributed by atoms with Crippen molar-refractivity contribution >= 4 is 10.0 Å². The second-order valence-corrected chi connectivity index (χ2v) is 8.28. The van der Waals surface area contributed by atoms with E-state index in [-0.39, 0.29) is 5.75 Å². The second-order valence-electron chi connectivity index (χ2n) is 6.32. The van der Waals surface area contributed by atoms with E-state index in [1.807, 2.05) is 48.1 Å². The number of hydrogen-bond acceptors (Lipinski definition) is 3. The van der Waals surface area contributed by atoms with Crippen molar-refractivity contribution in [2.75, 3.05) is 13.1 Å². The summed E-state index contributed by atoms with van der Waals surface area (Å²) < 4.78 is 28.8. The van der Waals surface area contributed by atoms with Gasteiger partial charge in [-0.3, -0.25) is 4.68 Å². The Balaban J connectivity index is 1.57. The summed E-state index contributed by atoms with van der Waals surface area (Å²) in [6, 6.07) is 9.64. The highest BCUT2D eigenvalue weighted by Crippen LogP contribution is 2.23. The van der Waals surface area contributed by atoms with Gasteiger partial charge in [0.1, 0.15) is 0 Å². The summed E-state index contributed by atoms with van der Waals surface area (Å²) in [7, 11) is -3.23. The molecule has 124 valence electrons. The summed E-state index contributed by atoms with van der Waals surface area (Å²) in [6.07, 6.45) is 5.53. The Morgan fingerprint density at radius 2 is 2.00 bits per heavy atom. The molecule has 1 aliphatic rings. The Labute approximate surface area is 138 Å². The number of hydrogen-bond donors (Lipinski definition) is 0. The van der Waals surface area contributed by atoms with Crippen LogP contribution in [-0.2, 0) is 22.3 Å². The maximum Gasteiger partial charge on any atom is 0.218 e. The van der Waals surface area contributed by atoms with E-state index in [9.17, 15) is 8.42 Å². The quantitative estimate of drug-likeness (QED) is 0.844. The van der Waals surface area contributed by atoms with Gasteiger partial charge in [0, 0.05) is 32.0 Å². The fourth-order valence-corrected chi connectivity index (χ4v) is 4.70. The van der Waals surface area contributed by atoms with Crippen molar-refractivity contribution < 1.29 is 8.42 Å². The smallest absolute Gasteiger partial charge is 0.218 e. The molecule has 2 aromatic rings. The van der Waals surface area contributed by atoms with Crippen molar-refractivity contribution in [1.29, 1.82) is 0 Å². The van der Waals surface area contributed by atoms with Gasteiger partial charge in [-0.25, -0.2) is 12.7 Å². The first kappa shape index (κ1) is 16.2. The Hall–Kier alpha value is -1.66. The average molecular weight is 333 g/mol. The molecule has 3 rings (SSSR count). The molecular formula is C17H23N3O2S. The van der Waals surface area contributed by atoms with Crippen LogP contribution in [0.2, 0.25) is 0 Å². The molecule has 0 spiro atoms. The fourth-order valence-electron chi connectivity index (χ4n) is 3.15. The Bertz CT molecular complexity index is 733. The molecule has 0 aliphatic carbocycles. The molecule has 23 heavy (non-hydrogen) atoms. The minimum absolute atomic E-state index is 0.0957. The van der Waals surface area contributed by atoms with Crippen LogP contribution in [-0.4, -0.2) is 35.6 Å². The number of aromatic nitrogens is 2. The highest BCUT2D eigenvalue weighted by Gasteiger charge is 2.28. The lowest BCUT2D eigenvalue weighted by molar-refractivity contribution is 0.247. The Morgan fingerprint density at radius 3 is 2.65 bits per heavy atom. The van der Waals surface area contributed by atoms with Gasteiger partial charge in [-0.05, 0) is 37.3 Å². The van der Waals surface area contributed by atoms with Crippen molar-refractivity contribution in [2.45, 2.75) is 32.1 Å². The lowest BCUT2D eigenvalue weighted by atomic mass is 9.98. The lowest BCUT2D eigenvalue weighted by Gasteiger charge is -2.31. The van der Waals surface area contributed by atoms with Crippen LogP contribution >= 0.6 is 0 Å². The van der Waals surface area contributed by atoms with E-state index < -0.39 is 10.0 Å². The zero-order valence-corrected chi connectivity index (χ0v) is 14.2. The number of piperidine rings is 1. The van der Waals surface area contributed by atoms with Crippen LogP contribution in [0, 0.1) is 12.8 Å². The zero-order valence-electron chi connectivity index (χ0n) is 13.4. The summed E-state index contributed by atoms with van der Waals surface area (Å²) in [5.74, 6) is 0.596. The third-order valence-corrected chi connectivity index (χ3v) is 6.25. The minimum atomic E-state index is -3.23. The van der Waals surface area contributed by atoms with E-state index in [4.69, 9.17) is 0 Å². The van der Waals surface area contributed by atoms with Gasteiger partial charge in [0.25, 0.3) is 0 Å². The first-order chi connectivity index (χ1) is 11.0. The van der Waals surface area contributed by atoms with Crippen molar-refractivity contribution in [1.82, 2.24) is 14.1 Å². The number of sulfonamides is 1. The maximum absolute atomic E-state index is 12.6. The average Bonchev–Trinajstić information content (AvgIpc) is 3.00. The van der Waals surface area contributed by atoms with Crippen molar-refractivity contribution in [3.8, 4) is 0 Å². The van der Waals surface area contributed by atoms with E-state index in [1.165, 1.54) is 0 Å². The van der Waals surface area contributed by atoms with Crippen molar-refractivity contribution in [3.63, 3.8) is 0 Å². The number of rotatable bonds is 5. The third kappa shape index (κ3) is 4.20. The summed E-state index contributed by atoms with van der Waals surface area (Å²) in [6.45, 7) is 4.08. The molecule has 0 bridgehead atoms. The first-order valence-electron chi connectivity index (χ1n) is 8.04. The molecule has 1 aliphatic heterocycles. The van der Waals surface area contributed by atoms with Gasteiger partial charge in [0.2, 0.25) is 10.0 Å². The van der Waals surface area contributed by atoms with Crippen LogP contribution in [0.15, 0.2) is 42.7 Å². The fraction of sp³-hybridized carbons (Fsp3) is 0.471. The molecule has 0 N–H and O–H groups in total. The van der Waals surface area contributed by atoms with Gasteiger partial charge in [-0.15, -0.1) is 0 Å². The van der Waals surface area contributed by atoms with E-state index >= 15 is 0 Å². The van der Waals surface area contributed by atoms with E-state index in [1.54, 1.807) is 10.5 Å². The predicted octanol–water partition coefficient (Wildman–Crippen LogP) is 2.43. The van der Waals surface area contributed by atoms with Crippen molar-refractivity contribution in [3.05, 3.63) is 53.9 Å². The second kappa shape index (κ2) is 6.84. The molecule has 1 aromatic carbocycles. The summed E-state index contributed by atoms with van der Waals surface area (Å²) in [5, 5.41) is 4.23. The van der Waals surface area contributed by atoms with Gasteiger partial charge >= 0.3 is 0 Å². The summed E-state index contributed by atoms with van der Waals surface area (Å²) >= 11 is 0. The third-order valence-electron chi connectivity index (χ3n) is 4.40. The monoisotopic (exact) mass is 333 g/mol. The molecule has 0 atom stereocenters. The van der Waals surface area contributed by atoms with Crippen molar-refractivity contribution in [2.24, 2.45) is 5.92 Å². The highest BCUT2D eigenvalue weighted by atomic mass is 32.2. The van der Waals surface area contributed by atoms with Gasteiger partial charge in [0.05, 0.1) is 5.75 Å². The molecule has 0 saturated carbocycles. The lowest BCUT2D eigenvalue weighted by Crippen LogP contribution is -2.39. The Morgan fingerprint density at radius 1 is 1.22 bits per heavy atom. The van der Waals surface area contributed by atoms with Crippen LogP contribution in [0.25, 0.3) is 0 Å². The molecule has 1 saturated heterocycles. The molecule has 0 amide bonds. The van der Waals surface area contributed by atoms with E-state index in [0.717, 1.165) is 30.5 Å². The van der Waals surface area contributed by atoms with Crippen LogP contribution in [0.5, 0.6) is 0 Å². The van der Waals surface area contributed by atoms with Gasteiger partial charge < -0.3 is 0 Å². The molecule has 2 heterocycles. The highest BCUT2D eigenvalue weighted by molar-refractivity contribution is 7.88. The zero-order chi connectivity index (χ0) is 16.3. The molecule has 6 heteroatoms. The SMILES string of the molecule is Cc1cccc(CS(=O)(=O)N2CCC(Cn3cccn3)CC2)c1. The molecule has 5 nitrogen and oxygen atoms in total. The van der Waals surface area contributed by atoms with E-state index in [2.05, 4.69) is 5.10 Å². The first-order valence-corrected chi connectivity index (χ1v) is 9.65. The predicted molar refractivity (Wildman–Crippen MR) is 90.3 cm³/mol. The van der Waals surface area contributed by atoms with Gasteiger partial charge in [-0.1, -0.05) is 29.8 Å². The van der Waals surface area contributed by atoms with Crippen LogP contribution < -0.4 is 0 Å². The van der Waals surface area contributed by atoms with Gasteiger partial charge in [0.15, 0.2) is 0 Å². The summed E-state index contributed by atoms with van der Waals surface area (Å²) in [4.78, 5) is 0. The molecule has 0 radical (unpaired) electrons. The normalized spacial score (nSPS) is 17.4. The Kier molecular flexibility index (Phi) is 4.82. The number of benzene rings is 1. The minimum Gasteiger partial charge on any atom is -0.272 e. The molecule has 1 fully saturated rings. The van der Waals surface area contributed by atoms with Crippen LogP contribution in [0.3, 0.4) is 0 Å². The topological polar surface area (TPSA) is 55.2 Å². The maximum atomic E-state index is 12.6. The number of aryl methyl sites for hydroxylation is 1. The van der Waals surface area contributed by atoms with Crippen LogP contribution in [0.4, 0.5) is 0 Å². The van der Waals surface area contributed by atoms with Crippen LogP contribution in [0.1, 0.15) is 24.0 Å². The standard InChI is InChI=1S/C17H23N3O2S/c1-15-4-2-5-17(12-15)14-23(21,22)20-10-6-16(7-11-20)13-19-9-3-8-18-19/h2-5,8-9,12,16H,6-7,10-11,13-14H2,1H3. The van der Waals surface area contributed by atoms with Gasteiger partial charge in [-0.2, -0.15) is 5.10 Å². The van der Waals surface area contributed by atoms with E-state index in [0.29, 0.717) is 19.0 Å². The molecule has 1 aromatic heterocycles. The largest absolute Gasteiger partial charge is 0.272 e. The number of nitrogens with zero attached hydrogens (tertiary/aromatic N) is 3. The molecule has 0 unspecified atom stereocenters.